The van der Waals surface area contributed by atoms with Crippen LogP contribution in [0.15, 0.2) is 18.2 Å². The number of nitrogens with zero attached hydrogens (tertiary/aromatic N) is 1. The lowest BCUT2D eigenvalue weighted by Gasteiger charge is -2.22. The molecule has 3 amide bonds. The third kappa shape index (κ3) is 2.09. The number of carbonyl (C=O) groups excluding carboxylic acids is 2. The van der Waals surface area contributed by atoms with Crippen LogP contribution in [-0.2, 0) is 15.1 Å². The van der Waals surface area contributed by atoms with Crippen molar-refractivity contribution in [1.82, 2.24) is 10.2 Å². The summed E-state index contributed by atoms with van der Waals surface area (Å²) in [4.78, 5) is 34.8. The molecule has 1 fully saturated rings. The summed E-state index contributed by atoms with van der Waals surface area (Å²) < 4.78 is 26.6. The van der Waals surface area contributed by atoms with Gasteiger partial charge >= 0.3 is 12.0 Å². The van der Waals surface area contributed by atoms with Gasteiger partial charge < -0.3 is 10.4 Å². The van der Waals surface area contributed by atoms with E-state index in [4.69, 9.17) is 5.11 Å². The summed E-state index contributed by atoms with van der Waals surface area (Å²) in [5.74, 6) is -4.11. The normalized spacial score (nSPS) is 22.1. The van der Waals surface area contributed by atoms with Gasteiger partial charge in [0.25, 0.3) is 5.91 Å². The van der Waals surface area contributed by atoms with Crippen LogP contribution in [0.25, 0.3) is 0 Å². The van der Waals surface area contributed by atoms with Crippen molar-refractivity contribution < 1.29 is 28.3 Å². The minimum absolute atomic E-state index is 0.231. The fourth-order valence-electron chi connectivity index (χ4n) is 2.05. The molecule has 1 aliphatic heterocycles. The largest absolute Gasteiger partial charge is 0.480 e. The molecule has 0 radical (unpaired) electrons. The maximum atomic E-state index is 13.8. The summed E-state index contributed by atoms with van der Waals surface area (Å²) in [6.45, 7) is 0.397. The second-order valence-electron chi connectivity index (χ2n) is 4.46. The first kappa shape index (κ1) is 13.9. The van der Waals surface area contributed by atoms with Crippen LogP contribution in [0.4, 0.5) is 13.6 Å². The molecule has 2 rings (SSSR count). The molecule has 0 aliphatic carbocycles. The Morgan fingerprint density at radius 2 is 2.05 bits per heavy atom. The van der Waals surface area contributed by atoms with Gasteiger partial charge in [0, 0.05) is 11.6 Å². The van der Waals surface area contributed by atoms with Crippen molar-refractivity contribution in [3.63, 3.8) is 0 Å². The van der Waals surface area contributed by atoms with Gasteiger partial charge in [-0.1, -0.05) is 6.07 Å². The standard InChI is InChI=1S/C12H10F2N2O4/c1-12(7-3-2-6(13)4-8(7)14)10(19)16(5-9(17)18)11(20)15-12/h2-4H,5H2,1H3,(H,15,20)(H,17,18). The van der Waals surface area contributed by atoms with Crippen LogP contribution in [0, 0.1) is 11.6 Å². The van der Waals surface area contributed by atoms with Crippen molar-refractivity contribution in [2.24, 2.45) is 0 Å². The molecule has 1 heterocycles. The Balaban J connectivity index is 2.43. The predicted molar refractivity (Wildman–Crippen MR) is 61.6 cm³/mol. The van der Waals surface area contributed by atoms with E-state index in [1.54, 1.807) is 0 Å². The van der Waals surface area contributed by atoms with Gasteiger partial charge in [0.2, 0.25) is 0 Å². The number of rotatable bonds is 3. The molecule has 0 bridgehead atoms. The Labute approximate surface area is 112 Å². The van der Waals surface area contributed by atoms with Crippen LogP contribution in [0.1, 0.15) is 12.5 Å². The second kappa shape index (κ2) is 4.55. The number of imide groups is 1. The number of halogens is 2. The van der Waals surface area contributed by atoms with Crippen LogP contribution in [0.5, 0.6) is 0 Å². The zero-order valence-electron chi connectivity index (χ0n) is 10.3. The number of amides is 3. The number of aliphatic carboxylic acids is 1. The lowest BCUT2D eigenvalue weighted by Crippen LogP contribution is -2.42. The first-order chi connectivity index (χ1) is 9.25. The summed E-state index contributed by atoms with van der Waals surface area (Å²) in [5, 5.41) is 10.9. The van der Waals surface area contributed by atoms with Gasteiger partial charge in [-0.15, -0.1) is 0 Å². The SMILES string of the molecule is CC1(c2ccc(F)cc2F)NC(=O)N(CC(=O)O)C1=O. The first-order valence-corrected chi connectivity index (χ1v) is 5.57. The average molecular weight is 284 g/mol. The van der Waals surface area contributed by atoms with Crippen LogP contribution in [0.3, 0.4) is 0 Å². The fourth-order valence-corrected chi connectivity index (χ4v) is 2.05. The Kier molecular flexibility index (Phi) is 3.16. The molecule has 1 saturated heterocycles. The highest BCUT2D eigenvalue weighted by molar-refractivity contribution is 6.08. The van der Waals surface area contributed by atoms with Gasteiger partial charge in [-0.05, 0) is 13.0 Å². The number of carboxylic acid groups (broad SMARTS) is 1. The molecule has 1 aromatic rings. The van der Waals surface area contributed by atoms with E-state index < -0.39 is 41.6 Å². The Morgan fingerprint density at radius 3 is 2.60 bits per heavy atom. The molecule has 8 heteroatoms. The maximum Gasteiger partial charge on any atom is 0.325 e. The molecule has 0 aromatic heterocycles. The lowest BCUT2D eigenvalue weighted by atomic mass is 9.91. The Hall–Kier alpha value is -2.51. The third-order valence-electron chi connectivity index (χ3n) is 3.04. The number of nitrogens with one attached hydrogen (secondary N) is 1. The number of urea groups is 1. The van der Waals surface area contributed by atoms with E-state index in [2.05, 4.69) is 5.32 Å². The number of hydrogen-bond donors (Lipinski definition) is 2. The average Bonchev–Trinajstić information content (AvgIpc) is 2.53. The van der Waals surface area contributed by atoms with Crippen LogP contribution >= 0.6 is 0 Å². The van der Waals surface area contributed by atoms with Crippen molar-refractivity contribution >= 4 is 17.9 Å². The molecule has 1 atom stereocenters. The molecular formula is C12H10F2N2O4. The van der Waals surface area contributed by atoms with Gasteiger partial charge in [-0.2, -0.15) is 0 Å². The van der Waals surface area contributed by atoms with Crippen molar-refractivity contribution in [3.8, 4) is 0 Å². The quantitative estimate of drug-likeness (QED) is 0.804. The minimum Gasteiger partial charge on any atom is -0.480 e. The lowest BCUT2D eigenvalue weighted by molar-refractivity contribution is -0.142. The summed E-state index contributed by atoms with van der Waals surface area (Å²) >= 11 is 0. The zero-order chi connectivity index (χ0) is 15.1. The van der Waals surface area contributed by atoms with E-state index >= 15 is 0 Å². The second-order valence-corrected chi connectivity index (χ2v) is 4.46. The minimum atomic E-state index is -1.76. The van der Waals surface area contributed by atoms with Gasteiger partial charge in [0.1, 0.15) is 23.7 Å². The van der Waals surface area contributed by atoms with Gasteiger partial charge in [0.15, 0.2) is 0 Å². The molecule has 2 N–H and O–H groups in total. The van der Waals surface area contributed by atoms with Gasteiger partial charge in [-0.3, -0.25) is 14.5 Å². The third-order valence-corrected chi connectivity index (χ3v) is 3.04. The van der Waals surface area contributed by atoms with E-state index in [9.17, 15) is 23.2 Å². The van der Waals surface area contributed by atoms with Gasteiger partial charge in [-0.25, -0.2) is 13.6 Å². The van der Waals surface area contributed by atoms with Crippen LogP contribution in [-0.4, -0.2) is 34.5 Å². The number of carbonyl (C=O) groups is 3. The molecular weight excluding hydrogens is 274 g/mol. The fraction of sp³-hybridized carbons (Fsp3) is 0.250. The molecule has 6 nitrogen and oxygen atoms in total. The molecule has 1 aliphatic rings. The number of benzene rings is 1. The number of hydrogen-bond acceptors (Lipinski definition) is 3. The monoisotopic (exact) mass is 284 g/mol. The van der Waals surface area contributed by atoms with Crippen molar-refractivity contribution in [3.05, 3.63) is 35.4 Å². The molecule has 20 heavy (non-hydrogen) atoms. The van der Waals surface area contributed by atoms with Crippen LogP contribution < -0.4 is 5.32 Å². The summed E-state index contributed by atoms with van der Waals surface area (Å²) in [6, 6.07) is 1.62. The molecule has 0 saturated carbocycles. The number of carboxylic acids is 1. The summed E-state index contributed by atoms with van der Waals surface area (Å²) in [7, 11) is 0. The van der Waals surface area contributed by atoms with E-state index in [1.165, 1.54) is 6.92 Å². The smallest absolute Gasteiger partial charge is 0.325 e. The topological polar surface area (TPSA) is 86.7 Å². The van der Waals surface area contributed by atoms with Crippen molar-refractivity contribution in [2.75, 3.05) is 6.54 Å². The summed E-state index contributed by atoms with van der Waals surface area (Å²) in [5.41, 5.74) is -1.99. The van der Waals surface area contributed by atoms with E-state index in [-0.39, 0.29) is 5.56 Å². The molecule has 1 aromatic carbocycles. The van der Waals surface area contributed by atoms with Crippen molar-refractivity contribution in [2.45, 2.75) is 12.5 Å². The van der Waals surface area contributed by atoms with E-state index in [0.29, 0.717) is 11.0 Å². The van der Waals surface area contributed by atoms with Crippen LogP contribution in [0.2, 0.25) is 0 Å². The first-order valence-electron chi connectivity index (χ1n) is 5.57. The van der Waals surface area contributed by atoms with E-state index in [0.717, 1.165) is 12.1 Å². The highest BCUT2D eigenvalue weighted by atomic mass is 19.1. The highest BCUT2D eigenvalue weighted by Crippen LogP contribution is 2.30. The molecule has 0 spiro atoms. The Bertz CT molecular complexity index is 619. The Morgan fingerprint density at radius 1 is 1.40 bits per heavy atom. The molecule has 106 valence electrons. The van der Waals surface area contributed by atoms with Gasteiger partial charge in [0.05, 0.1) is 0 Å². The highest BCUT2D eigenvalue weighted by Gasteiger charge is 2.50. The summed E-state index contributed by atoms with van der Waals surface area (Å²) in [6.07, 6.45) is 0. The maximum absolute atomic E-state index is 13.8. The van der Waals surface area contributed by atoms with E-state index in [1.807, 2.05) is 0 Å². The predicted octanol–water partition coefficient (Wildman–Crippen LogP) is 0.816. The van der Waals surface area contributed by atoms with Crippen molar-refractivity contribution in [1.29, 1.82) is 0 Å². The molecule has 1 unspecified atom stereocenters. The zero-order valence-corrected chi connectivity index (χ0v) is 10.3.